The Labute approximate surface area is 102 Å². The van der Waals surface area contributed by atoms with Crippen LogP contribution in [0.1, 0.15) is 48.7 Å². The van der Waals surface area contributed by atoms with Gasteiger partial charge in [-0.15, -0.1) is 0 Å². The molecule has 0 saturated carbocycles. The molecular weight excluding hydrogens is 216 g/mol. The number of aliphatic hydroxyl groups excluding tert-OH is 1. The lowest BCUT2D eigenvalue weighted by atomic mass is 9.84. The molecule has 0 fully saturated rings. The number of hydrogen-bond acceptors (Lipinski definition) is 3. The number of phenolic OH excluding ortho intramolecular Hbond substituents is 1. The van der Waals surface area contributed by atoms with Gasteiger partial charge in [0.1, 0.15) is 5.75 Å². The van der Waals surface area contributed by atoms with Gasteiger partial charge in [-0.05, 0) is 35.4 Å². The van der Waals surface area contributed by atoms with Crippen molar-refractivity contribution >= 4 is 6.29 Å². The van der Waals surface area contributed by atoms with E-state index >= 15 is 0 Å². The highest BCUT2D eigenvalue weighted by molar-refractivity contribution is 5.80. The van der Waals surface area contributed by atoms with E-state index in [2.05, 4.69) is 20.8 Å². The van der Waals surface area contributed by atoms with E-state index in [-0.39, 0.29) is 17.8 Å². The summed E-state index contributed by atoms with van der Waals surface area (Å²) in [4.78, 5) is 10.9. The zero-order valence-corrected chi connectivity index (χ0v) is 10.7. The highest BCUT2D eigenvalue weighted by Crippen LogP contribution is 2.30. The van der Waals surface area contributed by atoms with E-state index in [1.165, 1.54) is 0 Å². The van der Waals surface area contributed by atoms with Gasteiger partial charge in [0.05, 0.1) is 5.56 Å². The number of benzene rings is 1. The van der Waals surface area contributed by atoms with Crippen molar-refractivity contribution in [2.45, 2.75) is 39.0 Å². The molecule has 3 heteroatoms. The van der Waals surface area contributed by atoms with Gasteiger partial charge in [0, 0.05) is 6.61 Å². The first kappa shape index (κ1) is 13.7. The van der Waals surface area contributed by atoms with E-state index in [4.69, 9.17) is 5.11 Å². The van der Waals surface area contributed by atoms with Crippen LogP contribution < -0.4 is 0 Å². The summed E-state index contributed by atoms with van der Waals surface area (Å²) in [6.07, 6.45) is 1.83. The lowest BCUT2D eigenvalue weighted by Gasteiger charge is -2.21. The zero-order chi connectivity index (χ0) is 13.1. The van der Waals surface area contributed by atoms with Crippen molar-refractivity contribution in [2.24, 2.45) is 0 Å². The fourth-order valence-electron chi connectivity index (χ4n) is 1.70. The Bertz CT molecular complexity index is 403. The maximum Gasteiger partial charge on any atom is 0.153 e. The molecule has 17 heavy (non-hydrogen) atoms. The molecule has 0 aliphatic heterocycles. The molecule has 1 aromatic carbocycles. The predicted molar refractivity (Wildman–Crippen MR) is 67.6 cm³/mol. The van der Waals surface area contributed by atoms with Crippen molar-refractivity contribution in [3.63, 3.8) is 0 Å². The van der Waals surface area contributed by atoms with Gasteiger partial charge in [-0.25, -0.2) is 0 Å². The molecule has 0 heterocycles. The van der Waals surface area contributed by atoms with Gasteiger partial charge in [-0.3, -0.25) is 4.79 Å². The topological polar surface area (TPSA) is 57.5 Å². The molecule has 0 radical (unpaired) electrons. The van der Waals surface area contributed by atoms with Gasteiger partial charge in [0.15, 0.2) is 6.29 Å². The van der Waals surface area contributed by atoms with Crippen LogP contribution in [0.2, 0.25) is 0 Å². The van der Waals surface area contributed by atoms with E-state index in [0.717, 1.165) is 11.1 Å². The fourth-order valence-corrected chi connectivity index (χ4v) is 1.70. The number of aldehydes is 1. The lowest BCUT2D eigenvalue weighted by Crippen LogP contribution is -2.12. The third-order valence-corrected chi connectivity index (χ3v) is 2.82. The van der Waals surface area contributed by atoms with Gasteiger partial charge in [-0.2, -0.15) is 0 Å². The first-order chi connectivity index (χ1) is 7.90. The standard InChI is InChI=1S/C14H20O3/c1-14(2,3)12-7-10(5-4-6-15)13(17)11(8-12)9-16/h7-9,15,17H,4-6H2,1-3H3. The van der Waals surface area contributed by atoms with E-state index in [9.17, 15) is 9.90 Å². The Morgan fingerprint density at radius 1 is 1.29 bits per heavy atom. The third kappa shape index (κ3) is 3.30. The minimum Gasteiger partial charge on any atom is -0.507 e. The maximum absolute atomic E-state index is 10.9. The largest absolute Gasteiger partial charge is 0.507 e. The van der Waals surface area contributed by atoms with Crippen LogP contribution in [0, 0.1) is 0 Å². The summed E-state index contributed by atoms with van der Waals surface area (Å²) in [6.45, 7) is 6.26. The zero-order valence-electron chi connectivity index (χ0n) is 10.7. The van der Waals surface area contributed by atoms with Crippen molar-refractivity contribution in [3.05, 3.63) is 28.8 Å². The molecule has 0 amide bonds. The number of carbonyl (C=O) groups excluding carboxylic acids is 1. The Morgan fingerprint density at radius 3 is 2.41 bits per heavy atom. The van der Waals surface area contributed by atoms with Crippen molar-refractivity contribution in [3.8, 4) is 5.75 Å². The Balaban J connectivity index is 3.23. The minimum absolute atomic E-state index is 0.0430. The number of hydrogen-bond donors (Lipinski definition) is 2. The summed E-state index contributed by atoms with van der Waals surface area (Å²) in [5.41, 5.74) is 2.00. The molecule has 1 aromatic rings. The molecule has 0 bridgehead atoms. The molecule has 2 N–H and O–H groups in total. The number of rotatable bonds is 4. The molecule has 94 valence electrons. The van der Waals surface area contributed by atoms with Crippen molar-refractivity contribution in [1.82, 2.24) is 0 Å². The summed E-state index contributed by atoms with van der Waals surface area (Å²) in [5.74, 6) is 0.0430. The molecule has 0 atom stereocenters. The molecule has 0 aliphatic rings. The van der Waals surface area contributed by atoms with E-state index in [1.807, 2.05) is 6.07 Å². The monoisotopic (exact) mass is 236 g/mol. The van der Waals surface area contributed by atoms with E-state index < -0.39 is 0 Å². The van der Waals surface area contributed by atoms with Crippen molar-refractivity contribution in [2.75, 3.05) is 6.61 Å². The van der Waals surface area contributed by atoms with Gasteiger partial charge in [-0.1, -0.05) is 26.8 Å². The van der Waals surface area contributed by atoms with Crippen LogP contribution in [0.15, 0.2) is 12.1 Å². The molecule has 0 aromatic heterocycles. The van der Waals surface area contributed by atoms with Crippen LogP contribution in [-0.2, 0) is 11.8 Å². The second-order valence-corrected chi connectivity index (χ2v) is 5.27. The number of aromatic hydroxyl groups is 1. The molecule has 0 aliphatic carbocycles. The second kappa shape index (κ2) is 5.32. The molecule has 0 spiro atoms. The first-order valence-corrected chi connectivity index (χ1v) is 5.82. The smallest absolute Gasteiger partial charge is 0.153 e. The van der Waals surface area contributed by atoms with E-state index in [0.29, 0.717) is 24.7 Å². The second-order valence-electron chi connectivity index (χ2n) is 5.27. The quantitative estimate of drug-likeness (QED) is 0.789. The van der Waals surface area contributed by atoms with Crippen LogP contribution in [0.5, 0.6) is 5.75 Å². The summed E-state index contributed by atoms with van der Waals surface area (Å²) < 4.78 is 0. The average Bonchev–Trinajstić information content (AvgIpc) is 2.26. The fraction of sp³-hybridized carbons (Fsp3) is 0.500. The summed E-state index contributed by atoms with van der Waals surface area (Å²) in [6, 6.07) is 3.64. The van der Waals surface area contributed by atoms with Crippen LogP contribution in [0.25, 0.3) is 0 Å². The number of aryl methyl sites for hydroxylation is 1. The van der Waals surface area contributed by atoms with Crippen molar-refractivity contribution in [1.29, 1.82) is 0 Å². The van der Waals surface area contributed by atoms with Gasteiger partial charge in [0.2, 0.25) is 0 Å². The number of phenols is 1. The van der Waals surface area contributed by atoms with Crippen LogP contribution in [-0.4, -0.2) is 23.1 Å². The molecular formula is C14H20O3. The Hall–Kier alpha value is -1.35. The highest BCUT2D eigenvalue weighted by atomic mass is 16.3. The van der Waals surface area contributed by atoms with Gasteiger partial charge in [0.25, 0.3) is 0 Å². The van der Waals surface area contributed by atoms with Gasteiger partial charge < -0.3 is 10.2 Å². The summed E-state index contributed by atoms with van der Waals surface area (Å²) in [7, 11) is 0. The minimum atomic E-state index is -0.0700. The normalized spacial score (nSPS) is 11.5. The SMILES string of the molecule is CC(C)(C)c1cc(C=O)c(O)c(CCCO)c1. The maximum atomic E-state index is 10.9. The van der Waals surface area contributed by atoms with Gasteiger partial charge >= 0.3 is 0 Å². The van der Waals surface area contributed by atoms with Crippen molar-refractivity contribution < 1.29 is 15.0 Å². The summed E-state index contributed by atoms with van der Waals surface area (Å²) in [5, 5.41) is 18.7. The number of aliphatic hydroxyl groups is 1. The third-order valence-electron chi connectivity index (χ3n) is 2.82. The first-order valence-electron chi connectivity index (χ1n) is 5.82. The average molecular weight is 236 g/mol. The molecule has 3 nitrogen and oxygen atoms in total. The van der Waals surface area contributed by atoms with Crippen LogP contribution >= 0.6 is 0 Å². The molecule has 1 rings (SSSR count). The molecule has 0 saturated heterocycles. The Kier molecular flexibility index (Phi) is 4.29. The highest BCUT2D eigenvalue weighted by Gasteiger charge is 2.18. The van der Waals surface area contributed by atoms with E-state index in [1.54, 1.807) is 6.07 Å². The number of carbonyl (C=O) groups is 1. The lowest BCUT2D eigenvalue weighted by molar-refractivity contribution is 0.112. The van der Waals surface area contributed by atoms with Crippen LogP contribution in [0.4, 0.5) is 0 Å². The Morgan fingerprint density at radius 2 is 1.94 bits per heavy atom. The summed E-state index contributed by atoms with van der Waals surface area (Å²) >= 11 is 0. The molecule has 0 unspecified atom stereocenters. The van der Waals surface area contributed by atoms with Crippen LogP contribution in [0.3, 0.4) is 0 Å². The predicted octanol–water partition coefficient (Wildman–Crippen LogP) is 2.43.